The lowest BCUT2D eigenvalue weighted by atomic mass is 10.1. The normalized spacial score (nSPS) is 16.4. The molecular weight excluding hydrogens is 440 g/mol. The predicted octanol–water partition coefficient (Wildman–Crippen LogP) is 3.08. The molecule has 33 heavy (non-hydrogen) atoms. The zero-order chi connectivity index (χ0) is 24.3. The van der Waals surface area contributed by atoms with Gasteiger partial charge in [0.05, 0.1) is 22.2 Å². The number of hydrogen-bond acceptors (Lipinski definition) is 5. The topological polar surface area (TPSA) is 90.0 Å². The molecule has 1 aliphatic heterocycles. The van der Waals surface area contributed by atoms with Gasteiger partial charge in [0.2, 0.25) is 21.8 Å². The maximum absolute atomic E-state index is 13.1. The van der Waals surface area contributed by atoms with Crippen molar-refractivity contribution in [3.05, 3.63) is 48.0 Å². The van der Waals surface area contributed by atoms with E-state index in [0.717, 1.165) is 11.3 Å². The molecule has 9 heteroatoms. The zero-order valence-corrected chi connectivity index (χ0v) is 20.6. The maximum atomic E-state index is 13.1. The molecule has 1 saturated heterocycles. The summed E-state index contributed by atoms with van der Waals surface area (Å²) < 4.78 is 27.3. The third-order valence-corrected chi connectivity index (χ3v) is 7.94. The summed E-state index contributed by atoms with van der Waals surface area (Å²) >= 11 is 0. The van der Waals surface area contributed by atoms with Crippen LogP contribution in [0.2, 0.25) is 0 Å². The highest BCUT2D eigenvalue weighted by molar-refractivity contribution is 7.89. The second-order valence-electron chi connectivity index (χ2n) is 8.39. The van der Waals surface area contributed by atoms with Gasteiger partial charge in [0, 0.05) is 45.8 Å². The third kappa shape index (κ3) is 5.20. The Hall–Kier alpha value is -2.91. The Labute approximate surface area is 196 Å². The van der Waals surface area contributed by atoms with Crippen LogP contribution in [0.15, 0.2) is 47.4 Å². The van der Waals surface area contributed by atoms with Gasteiger partial charge in [0.25, 0.3) is 0 Å². The van der Waals surface area contributed by atoms with E-state index < -0.39 is 15.9 Å². The van der Waals surface area contributed by atoms with E-state index in [1.165, 1.54) is 10.4 Å². The summed E-state index contributed by atoms with van der Waals surface area (Å²) in [7, 11) is -0.0345. The second-order valence-corrected chi connectivity index (χ2v) is 10.3. The summed E-state index contributed by atoms with van der Waals surface area (Å²) in [4.78, 5) is 29.2. The van der Waals surface area contributed by atoms with Gasteiger partial charge in [-0.3, -0.25) is 9.59 Å². The molecule has 1 atom stereocenters. The van der Waals surface area contributed by atoms with E-state index in [9.17, 15) is 18.0 Å². The first-order valence-electron chi connectivity index (χ1n) is 11.1. The van der Waals surface area contributed by atoms with Crippen molar-refractivity contribution in [1.29, 1.82) is 0 Å². The Balaban J connectivity index is 1.85. The molecule has 178 valence electrons. The number of hydrogen-bond donors (Lipinski definition) is 1. The first-order valence-corrected chi connectivity index (χ1v) is 12.5. The smallest absolute Gasteiger partial charge is 0.243 e. The van der Waals surface area contributed by atoms with Gasteiger partial charge in [0.1, 0.15) is 0 Å². The Morgan fingerprint density at radius 1 is 1.09 bits per heavy atom. The molecule has 2 amide bonds. The fourth-order valence-corrected chi connectivity index (χ4v) is 5.46. The molecule has 3 rings (SSSR count). The number of aryl methyl sites for hydroxylation is 1. The minimum Gasteiger partial charge on any atom is -0.376 e. The molecule has 1 unspecified atom stereocenters. The number of amides is 2. The second kappa shape index (κ2) is 9.93. The molecule has 1 N–H and O–H groups in total. The summed E-state index contributed by atoms with van der Waals surface area (Å²) in [5, 5.41) is 2.88. The first-order chi connectivity index (χ1) is 15.6. The predicted molar refractivity (Wildman–Crippen MR) is 131 cm³/mol. The molecule has 0 aromatic heterocycles. The van der Waals surface area contributed by atoms with Crippen LogP contribution in [0.4, 0.5) is 17.1 Å². The van der Waals surface area contributed by atoms with E-state index in [-0.39, 0.29) is 29.7 Å². The molecule has 0 spiro atoms. The Morgan fingerprint density at radius 3 is 2.30 bits per heavy atom. The number of nitrogens with one attached hydrogen (secondary N) is 1. The molecule has 8 nitrogen and oxygen atoms in total. The quantitative estimate of drug-likeness (QED) is 0.638. The van der Waals surface area contributed by atoms with Crippen molar-refractivity contribution in [3.63, 3.8) is 0 Å². The van der Waals surface area contributed by atoms with Crippen LogP contribution < -0.4 is 15.1 Å². The molecule has 0 saturated carbocycles. The lowest BCUT2D eigenvalue weighted by molar-refractivity contribution is -0.122. The number of benzene rings is 2. The minimum atomic E-state index is -3.68. The average Bonchev–Trinajstić information content (AvgIpc) is 3.16. The van der Waals surface area contributed by atoms with Crippen LogP contribution in [-0.4, -0.2) is 58.3 Å². The van der Waals surface area contributed by atoms with Gasteiger partial charge >= 0.3 is 0 Å². The molecule has 1 aliphatic rings. The van der Waals surface area contributed by atoms with E-state index in [2.05, 4.69) is 5.32 Å². The third-order valence-electron chi connectivity index (χ3n) is 5.89. The fourth-order valence-electron chi connectivity index (χ4n) is 3.97. The van der Waals surface area contributed by atoms with Crippen LogP contribution in [0.3, 0.4) is 0 Å². The lowest BCUT2D eigenvalue weighted by Gasteiger charge is -2.23. The van der Waals surface area contributed by atoms with Crippen LogP contribution in [0.5, 0.6) is 0 Å². The molecule has 1 fully saturated rings. The van der Waals surface area contributed by atoms with Crippen molar-refractivity contribution >= 4 is 38.9 Å². The standard InChI is InChI=1S/C24H32N4O4S/c1-6-27(7-2)33(31,32)20-12-13-22(26(4)5)21(15-20)25-24(30)18-14-23(29)28(16-18)19-10-8-17(3)9-11-19/h8-13,15,18H,6-7,14,16H2,1-5H3,(H,25,30). The summed E-state index contributed by atoms with van der Waals surface area (Å²) in [6.45, 7) is 6.54. The molecule has 0 radical (unpaired) electrons. The van der Waals surface area contributed by atoms with Gasteiger partial charge in [0.15, 0.2) is 0 Å². The Morgan fingerprint density at radius 2 is 1.73 bits per heavy atom. The average molecular weight is 473 g/mol. The highest BCUT2D eigenvalue weighted by Gasteiger charge is 2.35. The van der Waals surface area contributed by atoms with Crippen molar-refractivity contribution in [2.45, 2.75) is 32.1 Å². The van der Waals surface area contributed by atoms with Crippen LogP contribution in [0.1, 0.15) is 25.8 Å². The summed E-state index contributed by atoms with van der Waals surface area (Å²) in [5.41, 5.74) is 2.94. The van der Waals surface area contributed by atoms with Gasteiger partial charge in [-0.15, -0.1) is 0 Å². The number of nitrogens with zero attached hydrogens (tertiary/aromatic N) is 3. The summed E-state index contributed by atoms with van der Waals surface area (Å²) in [6, 6.07) is 12.3. The van der Waals surface area contributed by atoms with Crippen LogP contribution in [-0.2, 0) is 19.6 Å². The SMILES string of the molecule is CCN(CC)S(=O)(=O)c1ccc(N(C)C)c(NC(=O)C2CC(=O)N(c3ccc(C)cc3)C2)c1. The minimum absolute atomic E-state index is 0.106. The summed E-state index contributed by atoms with van der Waals surface area (Å²) in [5.74, 6) is -0.944. The van der Waals surface area contributed by atoms with Crippen molar-refractivity contribution in [3.8, 4) is 0 Å². The van der Waals surface area contributed by atoms with Crippen molar-refractivity contribution in [1.82, 2.24) is 4.31 Å². The van der Waals surface area contributed by atoms with E-state index in [0.29, 0.717) is 24.5 Å². The molecule has 0 bridgehead atoms. The molecule has 2 aromatic carbocycles. The molecule has 1 heterocycles. The largest absolute Gasteiger partial charge is 0.376 e. The maximum Gasteiger partial charge on any atom is 0.243 e. The highest BCUT2D eigenvalue weighted by atomic mass is 32.2. The Bertz CT molecular complexity index is 1130. The molecular formula is C24H32N4O4S. The van der Waals surface area contributed by atoms with Gasteiger partial charge < -0.3 is 15.1 Å². The van der Waals surface area contributed by atoms with Gasteiger partial charge in [-0.25, -0.2) is 8.42 Å². The van der Waals surface area contributed by atoms with Crippen LogP contribution in [0, 0.1) is 12.8 Å². The Kier molecular flexibility index (Phi) is 7.44. The fraction of sp³-hybridized carbons (Fsp3) is 0.417. The van der Waals surface area contributed by atoms with Gasteiger partial charge in [-0.05, 0) is 37.3 Å². The number of anilines is 3. The first kappa shape index (κ1) is 24.7. The van der Waals surface area contributed by atoms with Crippen LogP contribution in [0.25, 0.3) is 0 Å². The van der Waals surface area contributed by atoms with Crippen molar-refractivity contribution in [2.24, 2.45) is 5.92 Å². The zero-order valence-electron chi connectivity index (χ0n) is 19.8. The van der Waals surface area contributed by atoms with Gasteiger partial charge in [-0.2, -0.15) is 4.31 Å². The van der Waals surface area contributed by atoms with Gasteiger partial charge in [-0.1, -0.05) is 31.5 Å². The molecule has 2 aromatic rings. The monoisotopic (exact) mass is 472 g/mol. The van der Waals surface area contributed by atoms with E-state index in [4.69, 9.17) is 0 Å². The number of carbonyl (C=O) groups excluding carboxylic acids is 2. The number of carbonyl (C=O) groups is 2. The van der Waals surface area contributed by atoms with Crippen molar-refractivity contribution < 1.29 is 18.0 Å². The number of sulfonamides is 1. The summed E-state index contributed by atoms with van der Waals surface area (Å²) in [6.07, 6.45) is 0.106. The van der Waals surface area contributed by atoms with Crippen LogP contribution >= 0.6 is 0 Å². The molecule has 0 aliphatic carbocycles. The van der Waals surface area contributed by atoms with Crippen molar-refractivity contribution in [2.75, 3.05) is 48.8 Å². The number of rotatable bonds is 8. The van der Waals surface area contributed by atoms with E-state index in [1.807, 2.05) is 50.2 Å². The van der Waals surface area contributed by atoms with E-state index >= 15 is 0 Å². The highest BCUT2D eigenvalue weighted by Crippen LogP contribution is 2.31. The van der Waals surface area contributed by atoms with E-state index in [1.54, 1.807) is 30.9 Å². The lowest BCUT2D eigenvalue weighted by Crippen LogP contribution is -2.31.